The highest BCUT2D eigenvalue weighted by Crippen LogP contribution is 2.27. The lowest BCUT2D eigenvalue weighted by molar-refractivity contribution is 0.0949. The topological polar surface area (TPSA) is 106 Å². The number of nitrogens with zero attached hydrogens (tertiary/aromatic N) is 2. The van der Waals surface area contributed by atoms with Crippen LogP contribution in [0.2, 0.25) is 0 Å². The van der Waals surface area contributed by atoms with Crippen molar-refractivity contribution in [3.05, 3.63) is 51.7 Å². The van der Waals surface area contributed by atoms with Crippen molar-refractivity contribution in [2.45, 2.75) is 58.8 Å². The molecule has 0 saturated heterocycles. The molecule has 8 nitrogen and oxygen atoms in total. The van der Waals surface area contributed by atoms with Crippen LogP contribution in [0, 0.1) is 6.92 Å². The number of unbranched alkanes of at least 4 members (excludes halogenated alkanes) is 6. The molecule has 0 fully saturated rings. The predicted molar refractivity (Wildman–Crippen MR) is 121 cm³/mol. The highest BCUT2D eigenvalue weighted by molar-refractivity contribution is 5.93. The molecule has 1 aromatic carbocycles. The van der Waals surface area contributed by atoms with Crippen LogP contribution in [0.4, 0.5) is 0 Å². The quantitative estimate of drug-likeness (QED) is 0.285. The lowest BCUT2D eigenvalue weighted by Gasteiger charge is -2.11. The molecule has 2 N–H and O–H groups in total. The number of carbonyl (C=O) groups excluding carboxylic acids is 1. The van der Waals surface area contributed by atoms with Crippen LogP contribution in [0.3, 0.4) is 0 Å². The average molecular weight is 429 g/mol. The van der Waals surface area contributed by atoms with Crippen LogP contribution in [0.5, 0.6) is 11.5 Å². The second-order valence-corrected chi connectivity index (χ2v) is 7.33. The van der Waals surface area contributed by atoms with Crippen molar-refractivity contribution in [2.75, 3.05) is 13.7 Å². The largest absolute Gasteiger partial charge is 0.493 e. The van der Waals surface area contributed by atoms with E-state index in [1.54, 1.807) is 20.1 Å². The maximum Gasteiger partial charge on any atom is 0.345 e. The fourth-order valence-corrected chi connectivity index (χ4v) is 3.04. The first kappa shape index (κ1) is 24.1. The zero-order chi connectivity index (χ0) is 22.5. The van der Waals surface area contributed by atoms with Gasteiger partial charge in [-0.05, 0) is 43.2 Å². The minimum Gasteiger partial charge on any atom is -0.493 e. The molecule has 0 aliphatic rings. The fourth-order valence-electron chi connectivity index (χ4n) is 3.04. The van der Waals surface area contributed by atoms with Crippen molar-refractivity contribution in [3.8, 4) is 11.5 Å². The zero-order valence-corrected chi connectivity index (χ0v) is 18.6. The number of hydrogen-bond donors (Lipinski definition) is 2. The first-order valence-electron chi connectivity index (χ1n) is 10.8. The molecule has 2 rings (SSSR count). The van der Waals surface area contributed by atoms with Gasteiger partial charge in [-0.2, -0.15) is 10.1 Å². The van der Waals surface area contributed by atoms with Gasteiger partial charge in [0.25, 0.3) is 5.91 Å². The van der Waals surface area contributed by atoms with Gasteiger partial charge in [0.05, 0.1) is 19.9 Å². The number of hydrogen-bond acceptors (Lipinski definition) is 6. The monoisotopic (exact) mass is 428 g/mol. The summed E-state index contributed by atoms with van der Waals surface area (Å²) < 4.78 is 11.3. The van der Waals surface area contributed by atoms with Crippen LogP contribution in [-0.4, -0.2) is 35.8 Å². The zero-order valence-electron chi connectivity index (χ0n) is 18.6. The van der Waals surface area contributed by atoms with Crippen LogP contribution in [0.15, 0.2) is 34.2 Å². The van der Waals surface area contributed by atoms with Crippen molar-refractivity contribution < 1.29 is 14.3 Å². The first-order valence-corrected chi connectivity index (χ1v) is 10.8. The molecule has 0 aliphatic heterocycles. The normalized spacial score (nSPS) is 10.9. The van der Waals surface area contributed by atoms with Crippen molar-refractivity contribution in [3.63, 3.8) is 0 Å². The average Bonchev–Trinajstić information content (AvgIpc) is 2.75. The molecule has 1 heterocycles. The molecule has 0 spiro atoms. The molecule has 1 amide bonds. The summed E-state index contributed by atoms with van der Waals surface area (Å²) in [4.78, 5) is 29.6. The van der Waals surface area contributed by atoms with Gasteiger partial charge in [0, 0.05) is 5.69 Å². The summed E-state index contributed by atoms with van der Waals surface area (Å²) in [5.74, 6) is 0.718. The first-order chi connectivity index (χ1) is 15.0. The van der Waals surface area contributed by atoms with Crippen molar-refractivity contribution >= 4 is 12.1 Å². The molecular weight excluding hydrogens is 396 g/mol. The number of carbonyl (C=O) groups is 1. The van der Waals surface area contributed by atoms with E-state index in [4.69, 9.17) is 9.47 Å². The summed E-state index contributed by atoms with van der Waals surface area (Å²) in [7, 11) is 1.58. The van der Waals surface area contributed by atoms with E-state index in [9.17, 15) is 9.59 Å². The third-order valence-electron chi connectivity index (χ3n) is 4.68. The van der Waals surface area contributed by atoms with Gasteiger partial charge in [0.2, 0.25) is 0 Å². The number of benzene rings is 1. The minimum atomic E-state index is -0.578. The summed E-state index contributed by atoms with van der Waals surface area (Å²) in [5.41, 5.74) is 3.07. The van der Waals surface area contributed by atoms with Crippen molar-refractivity contribution in [1.82, 2.24) is 15.4 Å². The number of amides is 1. The number of methoxy groups -OCH3 is 1. The molecule has 1 aromatic heterocycles. The van der Waals surface area contributed by atoms with Crippen LogP contribution >= 0.6 is 0 Å². The maximum atomic E-state index is 12.1. The number of nitrogens with one attached hydrogen (secondary N) is 2. The van der Waals surface area contributed by atoms with E-state index in [0.29, 0.717) is 23.8 Å². The lowest BCUT2D eigenvalue weighted by Crippen LogP contribution is -2.24. The van der Waals surface area contributed by atoms with E-state index in [1.165, 1.54) is 44.4 Å². The maximum absolute atomic E-state index is 12.1. The molecule has 0 saturated carbocycles. The number of H-pyrrole nitrogens is 1. The number of aromatic amines is 1. The standard InChI is InChI=1S/C23H32N4O4/c1-4-5-6-7-8-9-10-13-31-20-12-11-18(15-21(20)30-3)16-24-27-22(28)19-14-17(2)25-23(29)26-19/h11-12,14-16H,4-10,13H2,1-3H3,(H,27,28)(H,25,26,29)/b24-16+. The number of hydrazone groups is 1. The van der Waals surface area contributed by atoms with Gasteiger partial charge < -0.3 is 14.5 Å². The number of aromatic nitrogens is 2. The van der Waals surface area contributed by atoms with E-state index < -0.39 is 11.6 Å². The van der Waals surface area contributed by atoms with E-state index in [2.05, 4.69) is 27.4 Å². The molecule has 0 atom stereocenters. The molecule has 0 aliphatic carbocycles. The van der Waals surface area contributed by atoms with Gasteiger partial charge >= 0.3 is 5.69 Å². The number of rotatable bonds is 13. The smallest absolute Gasteiger partial charge is 0.345 e. The van der Waals surface area contributed by atoms with Crippen molar-refractivity contribution in [1.29, 1.82) is 0 Å². The molecule has 2 aromatic rings. The number of ether oxygens (including phenoxy) is 2. The van der Waals surface area contributed by atoms with Gasteiger partial charge in [-0.25, -0.2) is 10.2 Å². The molecule has 0 unspecified atom stereocenters. The summed E-state index contributed by atoms with van der Waals surface area (Å²) in [6.45, 7) is 4.55. The Labute approximate surface area is 183 Å². The Morgan fingerprint density at radius 1 is 1.13 bits per heavy atom. The van der Waals surface area contributed by atoms with Crippen molar-refractivity contribution in [2.24, 2.45) is 5.10 Å². The highest BCUT2D eigenvalue weighted by atomic mass is 16.5. The van der Waals surface area contributed by atoms with E-state index in [1.807, 2.05) is 12.1 Å². The van der Waals surface area contributed by atoms with Crippen LogP contribution < -0.4 is 20.6 Å². The minimum absolute atomic E-state index is 0.00471. The molecule has 0 radical (unpaired) electrons. The summed E-state index contributed by atoms with van der Waals surface area (Å²) in [6.07, 6.45) is 10.1. The molecule has 0 bridgehead atoms. The van der Waals surface area contributed by atoms with Crippen LogP contribution in [0.25, 0.3) is 0 Å². The predicted octanol–water partition coefficient (Wildman–Crippen LogP) is 3.98. The Bertz CT molecular complexity index is 924. The van der Waals surface area contributed by atoms with E-state index >= 15 is 0 Å². The lowest BCUT2D eigenvalue weighted by atomic mass is 10.1. The second kappa shape index (κ2) is 13.2. The van der Waals surface area contributed by atoms with Gasteiger partial charge in [0.1, 0.15) is 5.69 Å². The van der Waals surface area contributed by atoms with Crippen LogP contribution in [-0.2, 0) is 0 Å². The van der Waals surface area contributed by atoms with Gasteiger partial charge in [0.15, 0.2) is 11.5 Å². The fraction of sp³-hybridized carbons (Fsp3) is 0.478. The summed E-state index contributed by atoms with van der Waals surface area (Å²) in [5, 5.41) is 3.93. The van der Waals surface area contributed by atoms with Gasteiger partial charge in [-0.3, -0.25) is 4.79 Å². The summed E-state index contributed by atoms with van der Waals surface area (Å²) >= 11 is 0. The highest BCUT2D eigenvalue weighted by Gasteiger charge is 2.08. The van der Waals surface area contributed by atoms with Gasteiger partial charge in [-0.1, -0.05) is 45.4 Å². The van der Waals surface area contributed by atoms with Crippen LogP contribution in [0.1, 0.15) is 73.6 Å². The second-order valence-electron chi connectivity index (χ2n) is 7.33. The Morgan fingerprint density at radius 3 is 2.58 bits per heavy atom. The Hall–Kier alpha value is -3.16. The van der Waals surface area contributed by atoms with E-state index in [0.717, 1.165) is 18.4 Å². The molecule has 31 heavy (non-hydrogen) atoms. The molecular formula is C23H32N4O4. The third-order valence-corrected chi connectivity index (χ3v) is 4.68. The Kier molecular flexibility index (Phi) is 10.3. The Morgan fingerprint density at radius 2 is 1.87 bits per heavy atom. The molecule has 8 heteroatoms. The Balaban J connectivity index is 1.83. The number of aryl methyl sites for hydroxylation is 1. The van der Waals surface area contributed by atoms with Gasteiger partial charge in [-0.15, -0.1) is 0 Å². The summed E-state index contributed by atoms with van der Waals surface area (Å²) in [6, 6.07) is 6.91. The van der Waals surface area contributed by atoms with E-state index in [-0.39, 0.29) is 5.69 Å². The SMILES string of the molecule is CCCCCCCCCOc1ccc(/C=N/NC(=O)c2cc(C)[nH]c(=O)n2)cc1OC. The molecule has 168 valence electrons. The third kappa shape index (κ3) is 8.62.